The van der Waals surface area contributed by atoms with Gasteiger partial charge in [-0.25, -0.2) is 4.39 Å². The van der Waals surface area contributed by atoms with Gasteiger partial charge >= 0.3 is 0 Å². The Balaban J connectivity index is 1.42. The number of methoxy groups -OCH3 is 2. The van der Waals surface area contributed by atoms with Gasteiger partial charge in [-0.05, 0) is 111 Å². The number of benzene rings is 3. The number of piperidine rings is 1. The second kappa shape index (κ2) is 12.2. The number of fused-ring (bicyclic) bond motifs is 1. The van der Waals surface area contributed by atoms with E-state index in [0.717, 1.165) is 63.0 Å². The highest BCUT2D eigenvalue weighted by atomic mass is 19.1. The van der Waals surface area contributed by atoms with Gasteiger partial charge in [-0.2, -0.15) is 0 Å². The highest BCUT2D eigenvalue weighted by molar-refractivity contribution is 5.64. The van der Waals surface area contributed by atoms with Gasteiger partial charge < -0.3 is 29.5 Å². The molecule has 0 unspecified atom stereocenters. The molecular formula is C32H39FN2O4. The van der Waals surface area contributed by atoms with Gasteiger partial charge in [0.05, 0.1) is 14.2 Å². The maximum Gasteiger partial charge on any atom is 0.165 e. The molecule has 0 radical (unpaired) electrons. The fourth-order valence-electron chi connectivity index (χ4n) is 5.91. The Morgan fingerprint density at radius 3 is 2.41 bits per heavy atom. The number of hydrogen-bond donors (Lipinski definition) is 2. The van der Waals surface area contributed by atoms with Gasteiger partial charge in [-0.1, -0.05) is 12.1 Å². The molecule has 6 nitrogen and oxygen atoms in total. The Bertz CT molecular complexity index is 1290. The van der Waals surface area contributed by atoms with Crippen molar-refractivity contribution < 1.29 is 23.7 Å². The summed E-state index contributed by atoms with van der Waals surface area (Å²) >= 11 is 0. The van der Waals surface area contributed by atoms with E-state index in [2.05, 4.69) is 29.3 Å². The molecule has 0 amide bonds. The molecule has 2 N–H and O–H groups in total. The number of hydrogen-bond acceptors (Lipinski definition) is 6. The molecule has 1 saturated heterocycles. The number of phenolic OH excluding ortho intramolecular Hbond substituents is 1. The van der Waals surface area contributed by atoms with Crippen molar-refractivity contribution in [3.63, 3.8) is 0 Å². The number of halogens is 1. The first-order chi connectivity index (χ1) is 19.0. The minimum absolute atomic E-state index is 0.0534. The van der Waals surface area contributed by atoms with Crippen LogP contribution in [0.4, 0.5) is 10.1 Å². The zero-order chi connectivity index (χ0) is 27.4. The molecule has 208 valence electrons. The van der Waals surface area contributed by atoms with E-state index < -0.39 is 0 Å². The second-order valence-electron chi connectivity index (χ2n) is 10.5. The highest BCUT2D eigenvalue weighted by Gasteiger charge is 2.26. The highest BCUT2D eigenvalue weighted by Crippen LogP contribution is 2.43. The Labute approximate surface area is 230 Å². The van der Waals surface area contributed by atoms with Crippen LogP contribution in [0.1, 0.15) is 54.4 Å². The zero-order valence-corrected chi connectivity index (χ0v) is 23.1. The summed E-state index contributed by atoms with van der Waals surface area (Å²) in [6, 6.07) is 15.2. The smallest absolute Gasteiger partial charge is 0.165 e. The second-order valence-corrected chi connectivity index (χ2v) is 10.5. The number of anilines is 1. The summed E-state index contributed by atoms with van der Waals surface area (Å²) in [5, 5.41) is 13.2. The summed E-state index contributed by atoms with van der Waals surface area (Å²) in [6.45, 7) is 5.22. The van der Waals surface area contributed by atoms with Crippen molar-refractivity contribution in [1.82, 2.24) is 5.32 Å². The molecule has 0 bridgehead atoms. The molecule has 0 saturated carbocycles. The van der Waals surface area contributed by atoms with Gasteiger partial charge in [0, 0.05) is 24.8 Å². The molecule has 5 rings (SSSR count). The lowest BCUT2D eigenvalue weighted by atomic mass is 9.79. The molecule has 1 heterocycles. The van der Waals surface area contributed by atoms with Crippen molar-refractivity contribution in [1.29, 1.82) is 0 Å². The number of nitrogens with zero attached hydrogens (tertiary/aromatic N) is 1. The largest absolute Gasteiger partial charge is 0.508 e. The monoisotopic (exact) mass is 534 g/mol. The molecule has 1 aliphatic heterocycles. The number of ether oxygens (including phenoxy) is 3. The van der Waals surface area contributed by atoms with E-state index in [9.17, 15) is 5.11 Å². The van der Waals surface area contributed by atoms with Crippen LogP contribution in [0.2, 0.25) is 0 Å². The van der Waals surface area contributed by atoms with E-state index in [-0.39, 0.29) is 17.8 Å². The van der Waals surface area contributed by atoms with Crippen molar-refractivity contribution >= 4 is 5.69 Å². The summed E-state index contributed by atoms with van der Waals surface area (Å²) < 4.78 is 32.4. The zero-order valence-electron chi connectivity index (χ0n) is 23.1. The first kappa shape index (κ1) is 27.1. The van der Waals surface area contributed by atoms with Crippen molar-refractivity contribution in [2.45, 2.75) is 57.6 Å². The van der Waals surface area contributed by atoms with Crippen LogP contribution >= 0.6 is 0 Å². The molecule has 39 heavy (non-hydrogen) atoms. The van der Waals surface area contributed by atoms with Gasteiger partial charge in [0.2, 0.25) is 0 Å². The van der Waals surface area contributed by atoms with Gasteiger partial charge in [0.25, 0.3) is 0 Å². The Kier molecular flexibility index (Phi) is 8.46. The van der Waals surface area contributed by atoms with E-state index in [1.165, 1.54) is 16.7 Å². The van der Waals surface area contributed by atoms with Crippen molar-refractivity contribution in [3.05, 3.63) is 76.6 Å². The van der Waals surface area contributed by atoms with Crippen LogP contribution in [0.5, 0.6) is 23.0 Å². The van der Waals surface area contributed by atoms with Crippen molar-refractivity contribution in [3.8, 4) is 23.0 Å². The molecule has 3 aromatic rings. The molecular weight excluding hydrogens is 495 g/mol. The Hall–Kier alpha value is -3.45. The van der Waals surface area contributed by atoms with E-state index in [1.54, 1.807) is 32.4 Å². The lowest BCUT2D eigenvalue weighted by Crippen LogP contribution is -2.34. The number of nitrogens with one attached hydrogen (secondary N) is 1. The minimum atomic E-state index is -0.318. The molecule has 1 aliphatic carbocycles. The summed E-state index contributed by atoms with van der Waals surface area (Å²) in [7, 11) is 3.31. The van der Waals surface area contributed by atoms with E-state index in [4.69, 9.17) is 14.2 Å². The molecule has 3 aromatic carbocycles. The summed E-state index contributed by atoms with van der Waals surface area (Å²) in [4.78, 5) is 2.27. The predicted molar refractivity (Wildman–Crippen MR) is 152 cm³/mol. The van der Waals surface area contributed by atoms with Gasteiger partial charge in [0.15, 0.2) is 23.1 Å². The Morgan fingerprint density at radius 1 is 0.923 bits per heavy atom. The SMILES string of the molecule is CCN(Cc1ccc(OC2CCNCC2)c(F)c1)c1cc(OC)c(OC)cc1[C@@H]1CCc2cc(O)ccc2C1. The van der Waals surface area contributed by atoms with Crippen LogP contribution in [0.3, 0.4) is 0 Å². The van der Waals surface area contributed by atoms with Gasteiger partial charge in [-0.15, -0.1) is 0 Å². The first-order valence-electron chi connectivity index (χ1n) is 14.0. The van der Waals surface area contributed by atoms with Crippen molar-refractivity contribution in [2.24, 2.45) is 0 Å². The Morgan fingerprint density at radius 2 is 1.69 bits per heavy atom. The quantitative estimate of drug-likeness (QED) is 0.352. The molecule has 1 atom stereocenters. The lowest BCUT2D eigenvalue weighted by Gasteiger charge is -2.32. The number of aryl methyl sites for hydroxylation is 1. The van der Waals surface area contributed by atoms with Crippen LogP contribution in [-0.2, 0) is 19.4 Å². The normalized spacial score (nSPS) is 17.4. The minimum Gasteiger partial charge on any atom is -0.508 e. The van der Waals surface area contributed by atoms with Gasteiger partial charge in [-0.3, -0.25) is 0 Å². The first-order valence-corrected chi connectivity index (χ1v) is 14.0. The predicted octanol–water partition coefficient (Wildman–Crippen LogP) is 5.98. The third-order valence-electron chi connectivity index (χ3n) is 8.06. The molecule has 2 aliphatic rings. The maximum atomic E-state index is 15.1. The average molecular weight is 535 g/mol. The van der Waals surface area contributed by atoms with Crippen LogP contribution in [-0.4, -0.2) is 45.1 Å². The van der Waals surface area contributed by atoms with Crippen LogP contribution in [0.15, 0.2) is 48.5 Å². The fourth-order valence-corrected chi connectivity index (χ4v) is 5.91. The number of phenols is 1. The molecule has 0 aromatic heterocycles. The molecule has 7 heteroatoms. The van der Waals surface area contributed by atoms with E-state index in [1.807, 2.05) is 18.2 Å². The maximum absolute atomic E-state index is 15.1. The lowest BCUT2D eigenvalue weighted by molar-refractivity contribution is 0.156. The number of aromatic hydroxyl groups is 1. The van der Waals surface area contributed by atoms with E-state index in [0.29, 0.717) is 29.5 Å². The standard InChI is InChI=1S/C32H39FN2O4/c1-4-35(20-21-5-10-30(28(33)15-21)39-26-11-13-34-14-12-26)29-19-32(38-3)31(37-2)18-27(29)24-7-6-23-17-25(36)9-8-22(23)16-24/h5,8-10,15,17-19,24,26,34,36H,4,6-7,11-14,16,20H2,1-3H3/t24-/m1/s1. The molecule has 1 fully saturated rings. The summed E-state index contributed by atoms with van der Waals surface area (Å²) in [5.74, 6) is 1.98. The molecule has 0 spiro atoms. The topological polar surface area (TPSA) is 63.2 Å². The average Bonchev–Trinajstić information content (AvgIpc) is 2.96. The summed E-state index contributed by atoms with van der Waals surface area (Å²) in [5.41, 5.74) is 5.62. The van der Waals surface area contributed by atoms with Gasteiger partial charge in [0.1, 0.15) is 11.9 Å². The fraction of sp³-hybridized carbons (Fsp3) is 0.438. The third kappa shape index (κ3) is 6.09. The van der Waals surface area contributed by atoms with Crippen molar-refractivity contribution in [2.75, 3.05) is 38.8 Å². The third-order valence-corrected chi connectivity index (χ3v) is 8.06. The van der Waals surface area contributed by atoms with Crippen LogP contribution in [0, 0.1) is 5.82 Å². The van der Waals surface area contributed by atoms with Crippen LogP contribution in [0.25, 0.3) is 0 Å². The van der Waals surface area contributed by atoms with Crippen LogP contribution < -0.4 is 24.4 Å². The summed E-state index contributed by atoms with van der Waals surface area (Å²) in [6.07, 6.45) is 4.58. The number of rotatable bonds is 9. The van der Waals surface area contributed by atoms with E-state index >= 15 is 4.39 Å².